The summed E-state index contributed by atoms with van der Waals surface area (Å²) in [4.78, 5) is 23.9. The van der Waals surface area contributed by atoms with Crippen molar-refractivity contribution in [3.63, 3.8) is 0 Å². The smallest absolute Gasteiger partial charge is 0.276 e. The largest absolute Gasteiger partial charge is 0.494 e. The summed E-state index contributed by atoms with van der Waals surface area (Å²) in [6.07, 6.45) is 0. The van der Waals surface area contributed by atoms with E-state index in [0.29, 0.717) is 23.7 Å². The Morgan fingerprint density at radius 3 is 2.31 bits per heavy atom. The highest BCUT2D eigenvalue weighted by Gasteiger charge is 2.11. The van der Waals surface area contributed by atoms with Gasteiger partial charge in [0.25, 0.3) is 11.8 Å². The molecule has 0 bridgehead atoms. The van der Waals surface area contributed by atoms with Gasteiger partial charge in [-0.1, -0.05) is 32.0 Å². The second kappa shape index (κ2) is 9.46. The zero-order valence-electron chi connectivity index (χ0n) is 15.2. The van der Waals surface area contributed by atoms with Crippen molar-refractivity contribution in [1.29, 1.82) is 0 Å². The molecule has 0 aromatic heterocycles. The Morgan fingerprint density at radius 1 is 0.962 bits per heavy atom. The first-order valence-electron chi connectivity index (χ1n) is 8.55. The molecule has 2 amide bonds. The number of ether oxygens (including phenoxy) is 2. The number of hydrogen-bond acceptors (Lipinski definition) is 4. The minimum Gasteiger partial charge on any atom is -0.494 e. The van der Waals surface area contributed by atoms with Crippen LogP contribution in [0.4, 0.5) is 0 Å². The highest BCUT2D eigenvalue weighted by atomic mass is 16.5. The fraction of sp³-hybridized carbons (Fsp3) is 0.300. The van der Waals surface area contributed by atoms with Crippen LogP contribution in [-0.2, 0) is 4.79 Å². The Kier molecular flexibility index (Phi) is 7.02. The van der Waals surface area contributed by atoms with Gasteiger partial charge in [0, 0.05) is 5.56 Å². The molecule has 2 aromatic carbocycles. The second-order valence-corrected chi connectivity index (χ2v) is 5.94. The lowest BCUT2D eigenvalue weighted by molar-refractivity contribution is -0.123. The summed E-state index contributed by atoms with van der Waals surface area (Å²) >= 11 is 0. The van der Waals surface area contributed by atoms with Crippen molar-refractivity contribution in [2.45, 2.75) is 26.7 Å². The van der Waals surface area contributed by atoms with Gasteiger partial charge in [-0.2, -0.15) is 0 Å². The molecule has 0 radical (unpaired) electrons. The molecule has 0 unspecified atom stereocenters. The van der Waals surface area contributed by atoms with Crippen LogP contribution >= 0.6 is 0 Å². The summed E-state index contributed by atoms with van der Waals surface area (Å²) in [6, 6.07) is 14.2. The van der Waals surface area contributed by atoms with E-state index in [2.05, 4.69) is 24.7 Å². The van der Waals surface area contributed by atoms with E-state index in [9.17, 15) is 9.59 Å². The van der Waals surface area contributed by atoms with Gasteiger partial charge in [0.05, 0.1) is 6.61 Å². The van der Waals surface area contributed by atoms with E-state index in [0.717, 1.165) is 5.56 Å². The van der Waals surface area contributed by atoms with Crippen LogP contribution in [0.2, 0.25) is 0 Å². The van der Waals surface area contributed by atoms with Crippen LogP contribution in [-0.4, -0.2) is 25.0 Å². The standard InChI is InChI=1S/C20H24N2O4/c1-4-25-16-11-9-15(10-12-16)20(24)22-21-19(23)13-26-18-8-6-5-7-17(18)14(2)3/h5-12,14H,4,13H2,1-3H3,(H,21,23)(H,22,24). The van der Waals surface area contributed by atoms with E-state index in [-0.39, 0.29) is 12.5 Å². The number of amides is 2. The fourth-order valence-corrected chi connectivity index (χ4v) is 2.34. The summed E-state index contributed by atoms with van der Waals surface area (Å²) in [5.41, 5.74) is 6.15. The topological polar surface area (TPSA) is 76.7 Å². The minimum atomic E-state index is -0.442. The Balaban J connectivity index is 1.82. The van der Waals surface area contributed by atoms with E-state index in [1.165, 1.54) is 0 Å². The van der Waals surface area contributed by atoms with Crippen LogP contribution < -0.4 is 20.3 Å². The van der Waals surface area contributed by atoms with Gasteiger partial charge in [0.1, 0.15) is 11.5 Å². The molecule has 6 nitrogen and oxygen atoms in total. The highest BCUT2D eigenvalue weighted by Crippen LogP contribution is 2.25. The minimum absolute atomic E-state index is 0.187. The number of nitrogens with one attached hydrogen (secondary N) is 2. The molecule has 0 aliphatic carbocycles. The summed E-state index contributed by atoms with van der Waals surface area (Å²) in [6.45, 7) is 6.37. The molecule has 0 aliphatic heterocycles. The molecule has 138 valence electrons. The van der Waals surface area contributed by atoms with Crippen LogP contribution in [0, 0.1) is 0 Å². The number of hydrazine groups is 1. The third-order valence-corrected chi connectivity index (χ3v) is 3.64. The lowest BCUT2D eigenvalue weighted by Gasteiger charge is -2.14. The quantitative estimate of drug-likeness (QED) is 0.748. The Bertz CT molecular complexity index is 742. The SMILES string of the molecule is CCOc1ccc(C(=O)NNC(=O)COc2ccccc2C(C)C)cc1. The van der Waals surface area contributed by atoms with Crippen molar-refractivity contribution in [2.24, 2.45) is 0 Å². The van der Waals surface area contributed by atoms with E-state index in [4.69, 9.17) is 9.47 Å². The zero-order chi connectivity index (χ0) is 18.9. The number of para-hydroxylation sites is 1. The monoisotopic (exact) mass is 356 g/mol. The van der Waals surface area contributed by atoms with E-state index < -0.39 is 11.8 Å². The second-order valence-electron chi connectivity index (χ2n) is 5.94. The molecule has 0 spiro atoms. The van der Waals surface area contributed by atoms with Gasteiger partial charge in [0.15, 0.2) is 6.61 Å². The average molecular weight is 356 g/mol. The predicted molar refractivity (Wildman–Crippen MR) is 99.2 cm³/mol. The predicted octanol–water partition coefficient (Wildman–Crippen LogP) is 3.05. The van der Waals surface area contributed by atoms with Crippen molar-refractivity contribution in [1.82, 2.24) is 10.9 Å². The van der Waals surface area contributed by atoms with Gasteiger partial charge >= 0.3 is 0 Å². The van der Waals surface area contributed by atoms with Crippen molar-refractivity contribution in [3.05, 3.63) is 59.7 Å². The normalized spacial score (nSPS) is 10.3. The third-order valence-electron chi connectivity index (χ3n) is 3.64. The lowest BCUT2D eigenvalue weighted by Crippen LogP contribution is -2.43. The first-order valence-corrected chi connectivity index (χ1v) is 8.55. The molecular weight excluding hydrogens is 332 g/mol. The summed E-state index contributed by atoms with van der Waals surface area (Å²) in [7, 11) is 0. The number of carbonyl (C=O) groups is 2. The molecular formula is C20H24N2O4. The molecule has 0 aliphatic rings. The number of rotatable bonds is 7. The molecule has 0 saturated heterocycles. The average Bonchev–Trinajstić information content (AvgIpc) is 2.65. The summed E-state index contributed by atoms with van der Waals surface area (Å²) in [5.74, 6) is 0.779. The first-order chi connectivity index (χ1) is 12.5. The molecule has 0 saturated carbocycles. The van der Waals surface area contributed by atoms with E-state index in [1.54, 1.807) is 24.3 Å². The molecule has 2 aromatic rings. The van der Waals surface area contributed by atoms with Crippen LogP contribution in [0.1, 0.15) is 42.6 Å². The van der Waals surface area contributed by atoms with E-state index in [1.807, 2.05) is 31.2 Å². The summed E-state index contributed by atoms with van der Waals surface area (Å²) in [5, 5.41) is 0. The Labute approximate surface area is 153 Å². The maximum atomic E-state index is 12.0. The zero-order valence-corrected chi connectivity index (χ0v) is 15.2. The molecule has 26 heavy (non-hydrogen) atoms. The molecule has 6 heteroatoms. The van der Waals surface area contributed by atoms with Gasteiger partial charge in [0.2, 0.25) is 0 Å². The Morgan fingerprint density at radius 2 is 1.65 bits per heavy atom. The molecule has 2 rings (SSSR count). The molecule has 0 atom stereocenters. The molecule has 2 N–H and O–H groups in total. The Hall–Kier alpha value is -3.02. The highest BCUT2D eigenvalue weighted by molar-refractivity contribution is 5.95. The van der Waals surface area contributed by atoms with Crippen LogP contribution in [0.3, 0.4) is 0 Å². The van der Waals surface area contributed by atoms with Crippen molar-refractivity contribution in [3.8, 4) is 11.5 Å². The van der Waals surface area contributed by atoms with Crippen LogP contribution in [0.5, 0.6) is 11.5 Å². The lowest BCUT2D eigenvalue weighted by atomic mass is 10.0. The van der Waals surface area contributed by atoms with Gasteiger partial charge in [-0.15, -0.1) is 0 Å². The van der Waals surface area contributed by atoms with Crippen LogP contribution in [0.15, 0.2) is 48.5 Å². The number of hydrogen-bond donors (Lipinski definition) is 2. The summed E-state index contributed by atoms with van der Waals surface area (Å²) < 4.78 is 10.9. The first kappa shape index (κ1) is 19.3. The number of carbonyl (C=O) groups excluding carboxylic acids is 2. The molecule has 0 fully saturated rings. The number of benzene rings is 2. The van der Waals surface area contributed by atoms with Crippen LogP contribution in [0.25, 0.3) is 0 Å². The molecule has 0 heterocycles. The van der Waals surface area contributed by atoms with Crippen molar-refractivity contribution in [2.75, 3.05) is 13.2 Å². The van der Waals surface area contributed by atoms with Crippen molar-refractivity contribution < 1.29 is 19.1 Å². The third kappa shape index (κ3) is 5.51. The van der Waals surface area contributed by atoms with Gasteiger partial charge in [-0.3, -0.25) is 20.4 Å². The van der Waals surface area contributed by atoms with Gasteiger partial charge in [-0.25, -0.2) is 0 Å². The van der Waals surface area contributed by atoms with E-state index >= 15 is 0 Å². The van der Waals surface area contributed by atoms with Crippen molar-refractivity contribution >= 4 is 11.8 Å². The van der Waals surface area contributed by atoms with Gasteiger partial charge < -0.3 is 9.47 Å². The maximum Gasteiger partial charge on any atom is 0.276 e. The van der Waals surface area contributed by atoms with Gasteiger partial charge in [-0.05, 0) is 48.7 Å². The maximum absolute atomic E-state index is 12.0. The fourth-order valence-electron chi connectivity index (χ4n) is 2.34.